The minimum absolute atomic E-state index is 0.0859. The monoisotopic (exact) mass is 303 g/mol. The third-order valence-corrected chi connectivity index (χ3v) is 5.01. The van der Waals surface area contributed by atoms with Gasteiger partial charge in [0.2, 0.25) is 0 Å². The molecule has 2 rings (SSSR count). The van der Waals surface area contributed by atoms with Crippen LogP contribution in [-0.4, -0.2) is 54.7 Å². The van der Waals surface area contributed by atoms with E-state index in [2.05, 4.69) is 16.9 Å². The summed E-state index contributed by atoms with van der Waals surface area (Å²) in [6.45, 7) is 3.14. The molecule has 0 radical (unpaired) electrons. The van der Waals surface area contributed by atoms with E-state index in [1.807, 2.05) is 11.9 Å². The number of hydrogen-bond donors (Lipinski definition) is 1. The molecule has 5 nitrogen and oxygen atoms in total. The maximum Gasteiger partial charge on any atom is 0.349 e. The first-order chi connectivity index (χ1) is 8.97. The van der Waals surface area contributed by atoms with Crippen LogP contribution >= 0.6 is 22.9 Å². The van der Waals surface area contributed by atoms with E-state index >= 15 is 0 Å². The van der Waals surface area contributed by atoms with Crippen LogP contribution in [0.5, 0.6) is 0 Å². The van der Waals surface area contributed by atoms with Gasteiger partial charge in [-0.2, -0.15) is 0 Å². The summed E-state index contributed by atoms with van der Waals surface area (Å²) in [5.74, 6) is -0.376. The number of rotatable bonds is 4. The van der Waals surface area contributed by atoms with Gasteiger partial charge in [0.05, 0.1) is 0 Å². The SMILES string of the molecule is CN1CCC(CN(C)c2nc(Cl)c(C(=O)O)s2)CC1. The molecule has 106 valence electrons. The fraction of sp³-hybridized carbons (Fsp3) is 0.667. The van der Waals surface area contributed by atoms with Crippen molar-refractivity contribution in [3.05, 3.63) is 10.0 Å². The Morgan fingerprint density at radius 2 is 2.21 bits per heavy atom. The Hall–Kier alpha value is -0.850. The fourth-order valence-electron chi connectivity index (χ4n) is 2.30. The largest absolute Gasteiger partial charge is 0.477 e. The van der Waals surface area contributed by atoms with Crippen LogP contribution in [0.4, 0.5) is 5.13 Å². The topological polar surface area (TPSA) is 56.7 Å². The molecule has 1 aromatic rings. The predicted octanol–water partition coefficient (Wildman–Crippen LogP) is 2.27. The van der Waals surface area contributed by atoms with Crippen molar-refractivity contribution in [3.8, 4) is 0 Å². The van der Waals surface area contributed by atoms with Gasteiger partial charge in [-0.1, -0.05) is 22.9 Å². The summed E-state index contributed by atoms with van der Waals surface area (Å²) < 4.78 is 0. The quantitative estimate of drug-likeness (QED) is 0.925. The Labute approximate surface area is 121 Å². The summed E-state index contributed by atoms with van der Waals surface area (Å²) in [4.78, 5) is 19.5. The molecular formula is C12H18ClN3O2S. The minimum atomic E-state index is -1.01. The number of halogens is 1. The number of carboxylic acid groups (broad SMARTS) is 1. The molecule has 0 unspecified atom stereocenters. The molecule has 0 spiro atoms. The lowest BCUT2D eigenvalue weighted by molar-refractivity contribution is 0.0702. The van der Waals surface area contributed by atoms with Crippen LogP contribution in [0.1, 0.15) is 22.5 Å². The van der Waals surface area contributed by atoms with E-state index in [1.165, 1.54) is 12.8 Å². The van der Waals surface area contributed by atoms with Crippen LogP contribution in [0.3, 0.4) is 0 Å². The van der Waals surface area contributed by atoms with Gasteiger partial charge in [0.1, 0.15) is 0 Å². The van der Waals surface area contributed by atoms with Gasteiger partial charge >= 0.3 is 5.97 Å². The van der Waals surface area contributed by atoms with Gasteiger partial charge in [0, 0.05) is 13.6 Å². The first-order valence-electron chi connectivity index (χ1n) is 6.26. The second-order valence-corrected chi connectivity index (χ2v) is 6.38. The zero-order valence-corrected chi connectivity index (χ0v) is 12.7. The third-order valence-electron chi connectivity index (χ3n) is 3.47. The highest BCUT2D eigenvalue weighted by Gasteiger charge is 2.22. The van der Waals surface area contributed by atoms with Crippen molar-refractivity contribution in [2.75, 3.05) is 38.6 Å². The van der Waals surface area contributed by atoms with Gasteiger partial charge in [0.15, 0.2) is 15.2 Å². The summed E-state index contributed by atoms with van der Waals surface area (Å²) in [6, 6.07) is 0. The molecule has 1 aliphatic heterocycles. The van der Waals surface area contributed by atoms with Crippen molar-refractivity contribution in [2.24, 2.45) is 5.92 Å². The van der Waals surface area contributed by atoms with Crippen molar-refractivity contribution in [2.45, 2.75) is 12.8 Å². The van der Waals surface area contributed by atoms with Crippen molar-refractivity contribution < 1.29 is 9.90 Å². The average Bonchev–Trinajstić information content (AvgIpc) is 2.74. The molecule has 1 saturated heterocycles. The minimum Gasteiger partial charge on any atom is -0.477 e. The predicted molar refractivity (Wildman–Crippen MR) is 77.6 cm³/mol. The van der Waals surface area contributed by atoms with Crippen molar-refractivity contribution >= 4 is 34.0 Å². The number of carbonyl (C=O) groups is 1. The Morgan fingerprint density at radius 3 is 2.74 bits per heavy atom. The molecule has 0 amide bonds. The molecule has 1 N–H and O–H groups in total. The van der Waals surface area contributed by atoms with Crippen LogP contribution in [0, 0.1) is 5.92 Å². The van der Waals surface area contributed by atoms with Gasteiger partial charge in [-0.25, -0.2) is 9.78 Å². The molecule has 1 aromatic heterocycles. The number of anilines is 1. The maximum atomic E-state index is 10.9. The maximum absolute atomic E-state index is 10.9. The molecule has 0 aliphatic carbocycles. The van der Waals surface area contributed by atoms with Crippen LogP contribution in [-0.2, 0) is 0 Å². The average molecular weight is 304 g/mol. The van der Waals surface area contributed by atoms with Gasteiger partial charge in [-0.3, -0.25) is 0 Å². The first kappa shape index (κ1) is 14.6. The summed E-state index contributed by atoms with van der Waals surface area (Å²) in [5, 5.41) is 9.74. The normalized spacial score (nSPS) is 17.6. The zero-order chi connectivity index (χ0) is 14.0. The van der Waals surface area contributed by atoms with Crippen LogP contribution in [0.25, 0.3) is 0 Å². The molecule has 0 atom stereocenters. The van der Waals surface area contributed by atoms with E-state index in [0.717, 1.165) is 31.0 Å². The van der Waals surface area contributed by atoms with Crippen molar-refractivity contribution in [1.29, 1.82) is 0 Å². The molecule has 19 heavy (non-hydrogen) atoms. The smallest absolute Gasteiger partial charge is 0.349 e. The second-order valence-electron chi connectivity index (χ2n) is 5.05. The van der Waals surface area contributed by atoms with E-state index in [9.17, 15) is 4.79 Å². The fourth-order valence-corrected chi connectivity index (χ4v) is 3.39. The number of carboxylic acids is 1. The van der Waals surface area contributed by atoms with E-state index < -0.39 is 5.97 Å². The van der Waals surface area contributed by atoms with Crippen LogP contribution in [0.2, 0.25) is 5.15 Å². The molecule has 0 saturated carbocycles. The van der Waals surface area contributed by atoms with Crippen LogP contribution in [0.15, 0.2) is 0 Å². The summed E-state index contributed by atoms with van der Waals surface area (Å²) in [6.07, 6.45) is 2.34. The number of aromatic carboxylic acids is 1. The van der Waals surface area contributed by atoms with Gasteiger partial charge in [-0.05, 0) is 38.9 Å². The zero-order valence-electron chi connectivity index (χ0n) is 11.1. The molecule has 2 heterocycles. The lowest BCUT2D eigenvalue weighted by Crippen LogP contribution is -2.35. The number of piperidine rings is 1. The highest BCUT2D eigenvalue weighted by molar-refractivity contribution is 7.18. The summed E-state index contributed by atoms with van der Waals surface area (Å²) >= 11 is 6.97. The first-order valence-corrected chi connectivity index (χ1v) is 7.46. The Bertz CT molecular complexity index is 458. The highest BCUT2D eigenvalue weighted by atomic mass is 35.5. The Morgan fingerprint density at radius 1 is 1.58 bits per heavy atom. The van der Waals surface area contributed by atoms with E-state index in [-0.39, 0.29) is 10.0 Å². The van der Waals surface area contributed by atoms with Gasteiger partial charge < -0.3 is 14.9 Å². The third kappa shape index (κ3) is 3.58. The molecule has 7 heteroatoms. The van der Waals surface area contributed by atoms with E-state index in [4.69, 9.17) is 16.7 Å². The number of thiazole rings is 1. The molecule has 1 aliphatic rings. The van der Waals surface area contributed by atoms with E-state index in [1.54, 1.807) is 0 Å². The second kappa shape index (κ2) is 6.07. The molecule has 0 aromatic carbocycles. The number of likely N-dealkylation sites (tertiary alicyclic amines) is 1. The highest BCUT2D eigenvalue weighted by Crippen LogP contribution is 2.30. The molecular weight excluding hydrogens is 286 g/mol. The van der Waals surface area contributed by atoms with Crippen molar-refractivity contribution in [1.82, 2.24) is 9.88 Å². The summed E-state index contributed by atoms with van der Waals surface area (Å²) in [5.41, 5.74) is 0. The number of hydrogen-bond acceptors (Lipinski definition) is 5. The molecule has 1 fully saturated rings. The summed E-state index contributed by atoms with van der Waals surface area (Å²) in [7, 11) is 4.08. The Kier molecular flexibility index (Phi) is 4.65. The van der Waals surface area contributed by atoms with Gasteiger partial charge in [-0.15, -0.1) is 0 Å². The van der Waals surface area contributed by atoms with Gasteiger partial charge in [0.25, 0.3) is 0 Å². The molecule has 0 bridgehead atoms. The van der Waals surface area contributed by atoms with Crippen molar-refractivity contribution in [3.63, 3.8) is 0 Å². The van der Waals surface area contributed by atoms with E-state index in [0.29, 0.717) is 11.0 Å². The number of aromatic nitrogens is 1. The standard InChI is InChI=1S/C12H18ClN3O2S/c1-15-5-3-8(4-6-15)7-16(2)12-14-10(13)9(19-12)11(17)18/h8H,3-7H2,1-2H3,(H,17,18). The van der Waals surface area contributed by atoms with Crippen LogP contribution < -0.4 is 4.90 Å². The lowest BCUT2D eigenvalue weighted by atomic mass is 9.97. The Balaban J connectivity index is 1.98. The lowest BCUT2D eigenvalue weighted by Gasteiger charge is -2.31. The number of nitrogens with zero attached hydrogens (tertiary/aromatic N) is 3.